The summed E-state index contributed by atoms with van der Waals surface area (Å²) in [5.41, 5.74) is 1.38. The van der Waals surface area contributed by atoms with E-state index in [1.165, 1.54) is 22.3 Å². The van der Waals surface area contributed by atoms with Crippen molar-refractivity contribution in [3.63, 3.8) is 0 Å². The van der Waals surface area contributed by atoms with Crippen molar-refractivity contribution in [2.45, 2.75) is 32.1 Å². The van der Waals surface area contributed by atoms with Gasteiger partial charge in [0.25, 0.3) is 0 Å². The van der Waals surface area contributed by atoms with Gasteiger partial charge >= 0.3 is 5.56 Å². The summed E-state index contributed by atoms with van der Waals surface area (Å²) >= 11 is 0. The molecule has 1 unspecified atom stereocenters. The quantitative estimate of drug-likeness (QED) is 0.463. The second-order valence-electron chi connectivity index (χ2n) is 7.73. The van der Waals surface area contributed by atoms with Gasteiger partial charge in [-0.2, -0.15) is 0 Å². The van der Waals surface area contributed by atoms with E-state index in [1.54, 1.807) is 28.9 Å². The van der Waals surface area contributed by atoms with Crippen LogP contribution in [0, 0.1) is 5.82 Å². The van der Waals surface area contributed by atoms with E-state index in [1.807, 2.05) is 18.2 Å². The first-order valence-electron chi connectivity index (χ1n) is 10.6. The molecule has 4 rings (SSSR count). The molecule has 4 aromatic rings. The number of carbonyl (C=O) groups is 1. The molecule has 0 saturated heterocycles. The van der Waals surface area contributed by atoms with Crippen molar-refractivity contribution in [1.29, 1.82) is 0 Å². The smallest absolute Gasteiger partial charge is 0.300 e. The molecule has 0 saturated carbocycles. The standard InChI is InChI=1S/C24H24FN5O2/c1-17(18-7-3-2-4-8-18)16-26-22(31)12-6-11-21-27-28-23-24(32)29(13-14-30(21)23)20-10-5-9-19(25)15-20/h2-5,7-10,13-15,17H,6,11-12,16H2,1H3,(H,26,31). The number of halogens is 1. The van der Waals surface area contributed by atoms with E-state index in [0.717, 1.165) is 0 Å². The third-order valence-corrected chi connectivity index (χ3v) is 5.41. The molecule has 0 bridgehead atoms. The van der Waals surface area contributed by atoms with Crippen molar-refractivity contribution in [3.8, 4) is 5.69 Å². The van der Waals surface area contributed by atoms with Crippen molar-refractivity contribution in [3.05, 3.63) is 94.5 Å². The molecule has 0 aliphatic heterocycles. The van der Waals surface area contributed by atoms with E-state index in [4.69, 9.17) is 0 Å². The molecule has 8 heteroatoms. The van der Waals surface area contributed by atoms with Gasteiger partial charge in [-0.05, 0) is 36.1 Å². The predicted molar refractivity (Wildman–Crippen MR) is 119 cm³/mol. The van der Waals surface area contributed by atoms with Crippen LogP contribution >= 0.6 is 0 Å². The van der Waals surface area contributed by atoms with Crippen LogP contribution in [0.2, 0.25) is 0 Å². The van der Waals surface area contributed by atoms with Crippen LogP contribution in [-0.4, -0.2) is 31.6 Å². The van der Waals surface area contributed by atoms with E-state index >= 15 is 0 Å². The predicted octanol–water partition coefficient (Wildman–Crippen LogP) is 3.26. The molecule has 0 radical (unpaired) electrons. The minimum Gasteiger partial charge on any atom is -0.356 e. The maximum absolute atomic E-state index is 13.5. The normalized spacial score (nSPS) is 12.1. The van der Waals surface area contributed by atoms with Gasteiger partial charge in [-0.15, -0.1) is 10.2 Å². The summed E-state index contributed by atoms with van der Waals surface area (Å²) in [5.74, 6) is 0.401. The Morgan fingerprint density at radius 1 is 1.09 bits per heavy atom. The van der Waals surface area contributed by atoms with Crippen LogP contribution in [0.3, 0.4) is 0 Å². The molecular formula is C24H24FN5O2. The zero-order valence-corrected chi connectivity index (χ0v) is 17.7. The van der Waals surface area contributed by atoms with Gasteiger partial charge in [-0.3, -0.25) is 18.6 Å². The first-order valence-corrected chi connectivity index (χ1v) is 10.6. The largest absolute Gasteiger partial charge is 0.356 e. The average Bonchev–Trinajstić information content (AvgIpc) is 3.22. The van der Waals surface area contributed by atoms with Crippen LogP contribution in [0.4, 0.5) is 4.39 Å². The number of rotatable bonds is 8. The van der Waals surface area contributed by atoms with E-state index in [-0.39, 0.29) is 23.0 Å². The number of aromatic nitrogens is 4. The molecule has 2 heterocycles. The lowest BCUT2D eigenvalue weighted by atomic mass is 10.0. The summed E-state index contributed by atoms with van der Waals surface area (Å²) in [5, 5.41) is 11.1. The summed E-state index contributed by atoms with van der Waals surface area (Å²) in [6, 6.07) is 15.8. The maximum Gasteiger partial charge on any atom is 0.300 e. The first kappa shape index (κ1) is 21.4. The van der Waals surface area contributed by atoms with Crippen molar-refractivity contribution < 1.29 is 9.18 Å². The second kappa shape index (κ2) is 9.55. The Morgan fingerprint density at radius 3 is 2.69 bits per heavy atom. The topological polar surface area (TPSA) is 81.3 Å². The molecule has 0 fully saturated rings. The summed E-state index contributed by atoms with van der Waals surface area (Å²) in [6.45, 7) is 2.66. The van der Waals surface area contributed by atoms with Crippen LogP contribution in [-0.2, 0) is 11.2 Å². The van der Waals surface area contributed by atoms with Crippen LogP contribution in [0.25, 0.3) is 11.3 Å². The van der Waals surface area contributed by atoms with Crippen LogP contribution < -0.4 is 10.9 Å². The SMILES string of the molecule is CC(CNC(=O)CCCc1nnc2c(=O)n(-c3cccc(F)c3)ccn12)c1ccccc1. The number of amides is 1. The molecule has 2 aromatic carbocycles. The van der Waals surface area contributed by atoms with Gasteiger partial charge in [0.2, 0.25) is 11.6 Å². The Bertz CT molecular complexity index is 1280. The Hall–Kier alpha value is -3.81. The average molecular weight is 433 g/mol. The molecule has 164 valence electrons. The fraction of sp³-hybridized carbons (Fsp3) is 0.250. The van der Waals surface area contributed by atoms with Gasteiger partial charge in [0.05, 0.1) is 5.69 Å². The highest BCUT2D eigenvalue weighted by Crippen LogP contribution is 2.13. The summed E-state index contributed by atoms with van der Waals surface area (Å²) in [6.07, 6.45) is 4.69. The third-order valence-electron chi connectivity index (χ3n) is 5.41. The van der Waals surface area contributed by atoms with E-state index in [0.29, 0.717) is 37.3 Å². The number of fused-ring (bicyclic) bond motifs is 1. The Kier molecular flexibility index (Phi) is 6.39. The van der Waals surface area contributed by atoms with Crippen molar-refractivity contribution in [1.82, 2.24) is 24.5 Å². The lowest BCUT2D eigenvalue weighted by molar-refractivity contribution is -0.121. The fourth-order valence-corrected chi connectivity index (χ4v) is 3.60. The van der Waals surface area contributed by atoms with Crippen LogP contribution in [0.15, 0.2) is 71.8 Å². The third kappa shape index (κ3) is 4.74. The van der Waals surface area contributed by atoms with E-state index in [9.17, 15) is 14.0 Å². The molecule has 1 N–H and O–H groups in total. The highest BCUT2D eigenvalue weighted by atomic mass is 19.1. The minimum absolute atomic E-state index is 0.0185. The molecular weight excluding hydrogens is 409 g/mol. The van der Waals surface area contributed by atoms with Gasteiger partial charge < -0.3 is 5.32 Å². The number of aryl methyl sites for hydroxylation is 1. The number of nitrogens with zero attached hydrogens (tertiary/aromatic N) is 4. The highest BCUT2D eigenvalue weighted by molar-refractivity contribution is 5.75. The van der Waals surface area contributed by atoms with E-state index in [2.05, 4.69) is 34.6 Å². The van der Waals surface area contributed by atoms with Gasteiger partial charge in [-0.25, -0.2) is 4.39 Å². The fourth-order valence-electron chi connectivity index (χ4n) is 3.60. The number of nitrogens with one attached hydrogen (secondary N) is 1. The van der Waals surface area contributed by atoms with Crippen LogP contribution in [0.1, 0.15) is 37.1 Å². The summed E-state index contributed by atoms with van der Waals surface area (Å²) in [7, 11) is 0. The maximum atomic E-state index is 13.5. The Labute approximate surface area is 184 Å². The number of benzene rings is 2. The zero-order valence-electron chi connectivity index (χ0n) is 17.7. The highest BCUT2D eigenvalue weighted by Gasteiger charge is 2.13. The molecule has 32 heavy (non-hydrogen) atoms. The number of hydrogen-bond acceptors (Lipinski definition) is 4. The van der Waals surface area contributed by atoms with E-state index < -0.39 is 5.82 Å². The van der Waals surface area contributed by atoms with Crippen molar-refractivity contribution >= 4 is 11.6 Å². The lowest BCUT2D eigenvalue weighted by Crippen LogP contribution is -2.27. The molecule has 7 nitrogen and oxygen atoms in total. The van der Waals surface area contributed by atoms with Gasteiger partial charge in [0.1, 0.15) is 11.6 Å². The first-order chi connectivity index (χ1) is 15.5. The van der Waals surface area contributed by atoms with Crippen LogP contribution in [0.5, 0.6) is 0 Å². The van der Waals surface area contributed by atoms with Gasteiger partial charge in [-0.1, -0.05) is 43.3 Å². The molecule has 2 aromatic heterocycles. The Morgan fingerprint density at radius 2 is 1.91 bits per heavy atom. The second-order valence-corrected chi connectivity index (χ2v) is 7.73. The molecule has 1 atom stereocenters. The zero-order chi connectivity index (χ0) is 22.5. The lowest BCUT2D eigenvalue weighted by Gasteiger charge is -2.13. The van der Waals surface area contributed by atoms with Crippen molar-refractivity contribution in [2.24, 2.45) is 0 Å². The molecule has 1 amide bonds. The summed E-state index contributed by atoms with van der Waals surface area (Å²) < 4.78 is 16.5. The molecule has 0 aliphatic rings. The minimum atomic E-state index is -0.423. The molecule has 0 spiro atoms. The van der Waals surface area contributed by atoms with Crippen molar-refractivity contribution in [2.75, 3.05) is 6.54 Å². The molecule has 0 aliphatic carbocycles. The number of carbonyl (C=O) groups excluding carboxylic acids is 1. The number of hydrogen-bond donors (Lipinski definition) is 1. The van der Waals surface area contributed by atoms with Gasteiger partial charge in [0.15, 0.2) is 0 Å². The monoisotopic (exact) mass is 433 g/mol. The van der Waals surface area contributed by atoms with Gasteiger partial charge in [0, 0.05) is 31.8 Å². The summed E-state index contributed by atoms with van der Waals surface area (Å²) in [4.78, 5) is 25.0. The Balaban J connectivity index is 1.35.